The third-order valence-corrected chi connectivity index (χ3v) is 4.64. The van der Waals surface area contributed by atoms with E-state index in [1.807, 2.05) is 24.3 Å². The molecule has 120 valence electrons. The summed E-state index contributed by atoms with van der Waals surface area (Å²) in [6, 6.07) is 10.1. The Morgan fingerprint density at radius 1 is 1.09 bits per heavy atom. The van der Waals surface area contributed by atoms with E-state index in [4.69, 9.17) is 21.1 Å². The number of methoxy groups -OCH3 is 1. The highest BCUT2D eigenvalue weighted by molar-refractivity contribution is 7.16. The minimum Gasteiger partial charge on any atom is -0.497 e. The summed E-state index contributed by atoms with van der Waals surface area (Å²) in [6.45, 7) is 7.83. The molecule has 0 atom stereocenters. The molecule has 0 saturated carbocycles. The second-order valence-corrected chi connectivity index (χ2v) is 8.33. The maximum atomic E-state index is 6.32. The Morgan fingerprint density at radius 3 is 2.36 bits per heavy atom. The van der Waals surface area contributed by atoms with Gasteiger partial charge in [0.1, 0.15) is 5.75 Å². The van der Waals surface area contributed by atoms with Crippen molar-refractivity contribution >= 4 is 22.9 Å². The summed E-state index contributed by atoms with van der Waals surface area (Å²) in [5.74, 6) is 0.858. The Morgan fingerprint density at radius 2 is 1.77 bits per heavy atom. The monoisotopic (exact) mass is 338 g/mol. The first-order valence-electron chi connectivity index (χ1n) is 7.35. The number of thiophene rings is 1. The van der Waals surface area contributed by atoms with E-state index in [2.05, 4.69) is 26.8 Å². The van der Waals surface area contributed by atoms with E-state index in [1.165, 1.54) is 4.88 Å². The topological polar surface area (TPSA) is 18.5 Å². The van der Waals surface area contributed by atoms with E-state index < -0.39 is 0 Å². The molecule has 0 aliphatic carbocycles. The van der Waals surface area contributed by atoms with Crippen molar-refractivity contribution in [2.45, 2.75) is 40.4 Å². The fraction of sp³-hybridized carbons (Fsp3) is 0.444. The number of hydrogen-bond donors (Lipinski definition) is 0. The molecule has 0 aliphatic heterocycles. The Hall–Kier alpha value is -1.03. The second-order valence-electron chi connectivity index (χ2n) is 6.59. The maximum absolute atomic E-state index is 6.32. The third kappa shape index (κ3) is 5.31. The molecular weight excluding hydrogens is 316 g/mol. The van der Waals surface area contributed by atoms with Gasteiger partial charge in [0.25, 0.3) is 0 Å². The van der Waals surface area contributed by atoms with Crippen molar-refractivity contribution in [2.24, 2.45) is 5.41 Å². The normalized spacial score (nSPS) is 11.7. The van der Waals surface area contributed by atoms with Crippen LogP contribution in [0, 0.1) is 5.41 Å². The lowest BCUT2D eigenvalue weighted by Crippen LogP contribution is -2.07. The fourth-order valence-corrected chi connectivity index (χ4v) is 3.76. The van der Waals surface area contributed by atoms with Crippen molar-refractivity contribution in [1.82, 2.24) is 0 Å². The first-order chi connectivity index (χ1) is 10.4. The Balaban J connectivity index is 1.88. The minimum atomic E-state index is 0.273. The van der Waals surface area contributed by atoms with E-state index in [9.17, 15) is 0 Å². The first-order valence-corrected chi connectivity index (χ1v) is 8.54. The number of halogens is 1. The van der Waals surface area contributed by atoms with Crippen molar-refractivity contribution < 1.29 is 9.47 Å². The quantitative estimate of drug-likeness (QED) is 0.671. The second kappa shape index (κ2) is 7.49. The molecular formula is C18H23ClO2S. The molecule has 1 heterocycles. The SMILES string of the molecule is COc1ccc(COCc2cc(CC(C)(C)C)sc2Cl)cc1. The van der Waals surface area contributed by atoms with E-state index in [1.54, 1.807) is 18.4 Å². The predicted molar refractivity (Wildman–Crippen MR) is 94.0 cm³/mol. The molecule has 4 heteroatoms. The van der Waals surface area contributed by atoms with Crippen molar-refractivity contribution in [2.75, 3.05) is 7.11 Å². The number of hydrogen-bond acceptors (Lipinski definition) is 3. The van der Waals surface area contributed by atoms with Gasteiger partial charge in [-0.1, -0.05) is 44.5 Å². The molecule has 0 radical (unpaired) electrons. The van der Waals surface area contributed by atoms with Crippen molar-refractivity contribution in [3.8, 4) is 5.75 Å². The van der Waals surface area contributed by atoms with Crippen LogP contribution in [0.3, 0.4) is 0 Å². The van der Waals surface area contributed by atoms with Crippen LogP contribution < -0.4 is 4.74 Å². The van der Waals surface area contributed by atoms with Crippen LogP contribution in [0.15, 0.2) is 30.3 Å². The summed E-state index contributed by atoms with van der Waals surface area (Å²) in [6.07, 6.45) is 1.04. The highest BCUT2D eigenvalue weighted by Gasteiger charge is 2.15. The van der Waals surface area contributed by atoms with Gasteiger partial charge in [-0.15, -0.1) is 11.3 Å². The largest absolute Gasteiger partial charge is 0.497 e. The minimum absolute atomic E-state index is 0.273. The lowest BCUT2D eigenvalue weighted by Gasteiger charge is -2.16. The molecule has 0 N–H and O–H groups in total. The van der Waals surface area contributed by atoms with Crippen molar-refractivity contribution in [1.29, 1.82) is 0 Å². The molecule has 0 aliphatic rings. The Bertz CT molecular complexity index is 597. The number of rotatable bonds is 6. The summed E-state index contributed by atoms with van der Waals surface area (Å²) in [4.78, 5) is 1.32. The zero-order valence-electron chi connectivity index (χ0n) is 13.6. The van der Waals surface area contributed by atoms with Gasteiger partial charge in [-0.3, -0.25) is 0 Å². The maximum Gasteiger partial charge on any atom is 0.118 e. The molecule has 2 aromatic rings. The van der Waals surface area contributed by atoms with Crippen LogP contribution in [0.4, 0.5) is 0 Å². The van der Waals surface area contributed by atoms with E-state index in [0.29, 0.717) is 13.2 Å². The highest BCUT2D eigenvalue weighted by atomic mass is 35.5. The van der Waals surface area contributed by atoms with Crippen LogP contribution >= 0.6 is 22.9 Å². The first kappa shape index (κ1) is 17.3. The Labute approximate surface area is 142 Å². The zero-order valence-corrected chi connectivity index (χ0v) is 15.2. The summed E-state index contributed by atoms with van der Waals surface area (Å²) in [5.41, 5.74) is 2.48. The van der Waals surface area contributed by atoms with Crippen LogP contribution in [0.25, 0.3) is 0 Å². The molecule has 0 unspecified atom stereocenters. The van der Waals surface area contributed by atoms with Gasteiger partial charge < -0.3 is 9.47 Å². The van der Waals surface area contributed by atoms with Gasteiger partial charge in [0.05, 0.1) is 24.7 Å². The van der Waals surface area contributed by atoms with E-state index >= 15 is 0 Å². The summed E-state index contributed by atoms with van der Waals surface area (Å²) in [7, 11) is 1.67. The standard InChI is InChI=1S/C18H23ClO2S/c1-18(2,3)10-16-9-14(17(19)22-16)12-21-11-13-5-7-15(20-4)8-6-13/h5-9H,10-12H2,1-4H3. The van der Waals surface area contributed by atoms with Gasteiger partial charge in [0.15, 0.2) is 0 Å². The number of ether oxygens (including phenoxy) is 2. The zero-order chi connectivity index (χ0) is 16.2. The molecule has 0 saturated heterocycles. The highest BCUT2D eigenvalue weighted by Crippen LogP contribution is 2.32. The Kier molecular flexibility index (Phi) is 5.90. The fourth-order valence-electron chi connectivity index (χ4n) is 2.17. The lowest BCUT2D eigenvalue weighted by atomic mass is 9.91. The van der Waals surface area contributed by atoms with E-state index in [0.717, 1.165) is 27.6 Å². The molecule has 2 nitrogen and oxygen atoms in total. The van der Waals surface area contributed by atoms with Gasteiger partial charge >= 0.3 is 0 Å². The molecule has 0 amide bonds. The van der Waals surface area contributed by atoms with Crippen molar-refractivity contribution in [3.63, 3.8) is 0 Å². The van der Waals surface area contributed by atoms with Crippen LogP contribution in [0.1, 0.15) is 36.8 Å². The summed E-state index contributed by atoms with van der Waals surface area (Å²) >= 11 is 7.98. The summed E-state index contributed by atoms with van der Waals surface area (Å²) in [5, 5.41) is 0. The molecule has 0 bridgehead atoms. The molecule has 0 spiro atoms. The molecule has 1 aromatic heterocycles. The van der Waals surface area contributed by atoms with Crippen LogP contribution in [0.5, 0.6) is 5.75 Å². The van der Waals surface area contributed by atoms with Crippen LogP contribution in [-0.4, -0.2) is 7.11 Å². The third-order valence-electron chi connectivity index (χ3n) is 3.20. The van der Waals surface area contributed by atoms with Crippen LogP contribution in [0.2, 0.25) is 4.34 Å². The van der Waals surface area contributed by atoms with Gasteiger partial charge in [-0.2, -0.15) is 0 Å². The molecule has 0 fully saturated rings. The molecule has 1 aromatic carbocycles. The van der Waals surface area contributed by atoms with E-state index in [-0.39, 0.29) is 5.41 Å². The van der Waals surface area contributed by atoms with Gasteiger partial charge in [-0.25, -0.2) is 0 Å². The van der Waals surface area contributed by atoms with Crippen LogP contribution in [-0.2, 0) is 24.4 Å². The average Bonchev–Trinajstić information content (AvgIpc) is 2.77. The number of benzene rings is 1. The molecule has 2 rings (SSSR count). The predicted octanol–water partition coefficient (Wildman–Crippen LogP) is 5.72. The lowest BCUT2D eigenvalue weighted by molar-refractivity contribution is 0.107. The van der Waals surface area contributed by atoms with Crippen molar-refractivity contribution in [3.05, 3.63) is 50.7 Å². The smallest absolute Gasteiger partial charge is 0.118 e. The van der Waals surface area contributed by atoms with Gasteiger partial charge in [-0.05, 0) is 35.6 Å². The molecule has 22 heavy (non-hydrogen) atoms. The average molecular weight is 339 g/mol. The summed E-state index contributed by atoms with van der Waals surface area (Å²) < 4.78 is 11.8. The van der Waals surface area contributed by atoms with Gasteiger partial charge in [0, 0.05) is 10.4 Å². The van der Waals surface area contributed by atoms with Gasteiger partial charge in [0.2, 0.25) is 0 Å².